The van der Waals surface area contributed by atoms with Gasteiger partial charge in [0.15, 0.2) is 0 Å². The second-order valence-electron chi connectivity index (χ2n) is 4.09. The zero-order chi connectivity index (χ0) is 13.2. The van der Waals surface area contributed by atoms with E-state index in [9.17, 15) is 18.0 Å². The molecule has 4 nitrogen and oxygen atoms in total. The lowest BCUT2D eigenvalue weighted by Gasteiger charge is -2.12. The van der Waals surface area contributed by atoms with Crippen molar-refractivity contribution in [1.82, 2.24) is 0 Å². The first kappa shape index (κ1) is 13.5. The lowest BCUT2D eigenvalue weighted by atomic mass is 9.93. The molecule has 0 saturated heterocycles. The Balaban J connectivity index is 0.000000185. The van der Waals surface area contributed by atoms with Gasteiger partial charge in [-0.1, -0.05) is 12.2 Å². The summed E-state index contributed by atoms with van der Waals surface area (Å²) in [5.41, 5.74) is 5.21. The lowest BCUT2D eigenvalue weighted by Crippen LogP contribution is -2.26. The molecule has 96 valence electrons. The number of amides is 1. The Hall–Kier alpha value is -1.53. The Labute approximate surface area is 95.3 Å². The molecular formula is C10H12F3NO3. The molecule has 0 aromatic rings. The number of carbonyl (C=O) groups excluding carboxylic acids is 1. The zero-order valence-corrected chi connectivity index (χ0v) is 8.78. The van der Waals surface area contributed by atoms with Crippen molar-refractivity contribution in [2.24, 2.45) is 23.5 Å². The molecule has 2 aliphatic carbocycles. The number of carbonyl (C=O) groups is 2. The smallest absolute Gasteiger partial charge is 0.475 e. The molecule has 1 saturated carbocycles. The standard InChI is InChI=1S/C8H11NO.C2HF3O2/c9-8(10)7-4-5-1-2-6(7)3-5;3-2(4,5)1(6)7/h1-2,5-7H,3-4H2,(H2,9,10);(H,6,7). The van der Waals surface area contributed by atoms with Crippen LogP contribution in [0.5, 0.6) is 0 Å². The van der Waals surface area contributed by atoms with Gasteiger partial charge in [-0.25, -0.2) is 4.79 Å². The lowest BCUT2D eigenvalue weighted by molar-refractivity contribution is -0.192. The molecule has 2 aliphatic rings. The third-order valence-electron chi connectivity index (χ3n) is 2.89. The van der Waals surface area contributed by atoms with Crippen molar-refractivity contribution in [3.05, 3.63) is 12.2 Å². The number of rotatable bonds is 1. The number of aliphatic carboxylic acids is 1. The van der Waals surface area contributed by atoms with E-state index in [1.807, 2.05) is 0 Å². The van der Waals surface area contributed by atoms with Gasteiger partial charge in [0.05, 0.1) is 0 Å². The number of carboxylic acids is 1. The number of primary amides is 1. The van der Waals surface area contributed by atoms with Crippen molar-refractivity contribution in [3.8, 4) is 0 Å². The van der Waals surface area contributed by atoms with Gasteiger partial charge in [0.25, 0.3) is 0 Å². The van der Waals surface area contributed by atoms with Gasteiger partial charge in [0.2, 0.25) is 5.91 Å². The van der Waals surface area contributed by atoms with E-state index >= 15 is 0 Å². The number of hydrogen-bond acceptors (Lipinski definition) is 2. The average Bonchev–Trinajstić information content (AvgIpc) is 2.77. The molecule has 0 aromatic carbocycles. The summed E-state index contributed by atoms with van der Waals surface area (Å²) in [4.78, 5) is 19.7. The highest BCUT2D eigenvalue weighted by Gasteiger charge is 2.39. The minimum atomic E-state index is -5.08. The number of carboxylic acid groups (broad SMARTS) is 1. The van der Waals surface area contributed by atoms with Gasteiger partial charge in [0, 0.05) is 5.92 Å². The van der Waals surface area contributed by atoms with Gasteiger partial charge < -0.3 is 10.8 Å². The van der Waals surface area contributed by atoms with E-state index in [1.165, 1.54) is 0 Å². The Morgan fingerprint density at radius 3 is 1.94 bits per heavy atom. The summed E-state index contributed by atoms with van der Waals surface area (Å²) in [5, 5.41) is 7.12. The van der Waals surface area contributed by atoms with E-state index in [0.29, 0.717) is 11.8 Å². The Bertz CT molecular complexity index is 351. The third-order valence-corrected chi connectivity index (χ3v) is 2.89. The highest BCUT2D eigenvalue weighted by molar-refractivity contribution is 5.78. The first-order valence-electron chi connectivity index (χ1n) is 4.99. The fraction of sp³-hybridized carbons (Fsp3) is 0.600. The molecule has 3 N–H and O–H groups in total. The fourth-order valence-electron chi connectivity index (χ4n) is 2.11. The van der Waals surface area contributed by atoms with E-state index in [-0.39, 0.29) is 11.8 Å². The summed E-state index contributed by atoms with van der Waals surface area (Å²) in [5.74, 6) is -1.59. The summed E-state index contributed by atoms with van der Waals surface area (Å²) in [7, 11) is 0. The molecule has 0 spiro atoms. The monoisotopic (exact) mass is 251 g/mol. The number of nitrogens with two attached hydrogens (primary N) is 1. The maximum Gasteiger partial charge on any atom is 0.490 e. The van der Waals surface area contributed by atoms with Gasteiger partial charge in [-0.15, -0.1) is 0 Å². The topological polar surface area (TPSA) is 80.4 Å². The minimum absolute atomic E-state index is 0.114. The summed E-state index contributed by atoms with van der Waals surface area (Å²) in [6.07, 6.45) is 1.43. The Kier molecular flexibility index (Phi) is 3.79. The zero-order valence-electron chi connectivity index (χ0n) is 8.78. The van der Waals surface area contributed by atoms with Crippen molar-refractivity contribution in [1.29, 1.82) is 0 Å². The van der Waals surface area contributed by atoms with Crippen LogP contribution in [0.3, 0.4) is 0 Å². The number of allylic oxidation sites excluding steroid dienone is 2. The molecule has 2 rings (SSSR count). The summed E-state index contributed by atoms with van der Waals surface area (Å²) in [6, 6.07) is 0. The van der Waals surface area contributed by atoms with Crippen LogP contribution in [0.1, 0.15) is 12.8 Å². The third kappa shape index (κ3) is 3.47. The highest BCUT2D eigenvalue weighted by atomic mass is 19.4. The Morgan fingerprint density at radius 2 is 1.76 bits per heavy atom. The quantitative estimate of drug-likeness (QED) is 0.689. The summed E-state index contributed by atoms with van der Waals surface area (Å²) < 4.78 is 31.7. The average molecular weight is 251 g/mol. The maximum absolute atomic E-state index is 10.8. The van der Waals surface area contributed by atoms with Crippen LogP contribution in [-0.2, 0) is 9.59 Å². The molecule has 17 heavy (non-hydrogen) atoms. The van der Waals surface area contributed by atoms with Crippen molar-refractivity contribution in [3.63, 3.8) is 0 Å². The van der Waals surface area contributed by atoms with Crippen molar-refractivity contribution < 1.29 is 27.9 Å². The highest BCUT2D eigenvalue weighted by Crippen LogP contribution is 2.42. The van der Waals surface area contributed by atoms with Crippen LogP contribution in [0.25, 0.3) is 0 Å². The number of halogens is 3. The fourth-order valence-corrected chi connectivity index (χ4v) is 2.11. The molecule has 0 radical (unpaired) electrons. The minimum Gasteiger partial charge on any atom is -0.475 e. The van der Waals surface area contributed by atoms with Gasteiger partial charge >= 0.3 is 12.1 Å². The SMILES string of the molecule is NC(=O)C1CC2C=CC1C2.O=C(O)C(F)(F)F. The molecule has 3 atom stereocenters. The second kappa shape index (κ2) is 4.77. The Morgan fingerprint density at radius 1 is 1.24 bits per heavy atom. The van der Waals surface area contributed by atoms with Gasteiger partial charge in [-0.3, -0.25) is 4.79 Å². The normalized spacial score (nSPS) is 29.7. The van der Waals surface area contributed by atoms with Crippen LogP contribution in [-0.4, -0.2) is 23.2 Å². The predicted molar refractivity (Wildman–Crippen MR) is 51.7 cm³/mol. The largest absolute Gasteiger partial charge is 0.490 e. The van der Waals surface area contributed by atoms with Crippen LogP contribution < -0.4 is 5.73 Å². The van der Waals surface area contributed by atoms with Crippen molar-refractivity contribution in [2.45, 2.75) is 19.0 Å². The van der Waals surface area contributed by atoms with Gasteiger partial charge in [0.1, 0.15) is 0 Å². The summed E-state index contributed by atoms with van der Waals surface area (Å²) in [6.45, 7) is 0. The molecule has 0 heterocycles. The van der Waals surface area contributed by atoms with E-state index < -0.39 is 12.1 Å². The van der Waals surface area contributed by atoms with E-state index in [0.717, 1.165) is 12.8 Å². The first-order valence-corrected chi connectivity index (χ1v) is 4.99. The van der Waals surface area contributed by atoms with E-state index in [4.69, 9.17) is 15.6 Å². The van der Waals surface area contributed by atoms with E-state index in [1.54, 1.807) is 0 Å². The molecule has 0 aromatic heterocycles. The molecule has 3 unspecified atom stereocenters. The molecule has 7 heteroatoms. The summed E-state index contributed by atoms with van der Waals surface area (Å²) >= 11 is 0. The number of alkyl halides is 3. The molecule has 0 aliphatic heterocycles. The molecule has 1 fully saturated rings. The van der Waals surface area contributed by atoms with Crippen LogP contribution in [0.15, 0.2) is 12.2 Å². The van der Waals surface area contributed by atoms with Gasteiger partial charge in [-0.2, -0.15) is 13.2 Å². The van der Waals surface area contributed by atoms with Crippen LogP contribution >= 0.6 is 0 Å². The van der Waals surface area contributed by atoms with E-state index in [2.05, 4.69) is 12.2 Å². The van der Waals surface area contributed by atoms with Crippen LogP contribution in [0, 0.1) is 17.8 Å². The molecule has 1 amide bonds. The van der Waals surface area contributed by atoms with Gasteiger partial charge in [-0.05, 0) is 24.7 Å². The van der Waals surface area contributed by atoms with Crippen LogP contribution in [0.2, 0.25) is 0 Å². The molecule has 2 bridgehead atoms. The number of fused-ring (bicyclic) bond motifs is 2. The van der Waals surface area contributed by atoms with Crippen molar-refractivity contribution in [2.75, 3.05) is 0 Å². The van der Waals surface area contributed by atoms with Crippen molar-refractivity contribution >= 4 is 11.9 Å². The predicted octanol–water partition coefficient (Wildman–Crippen LogP) is 1.32. The first-order chi connectivity index (χ1) is 7.71. The second-order valence-corrected chi connectivity index (χ2v) is 4.09. The van der Waals surface area contributed by atoms with Crippen LogP contribution in [0.4, 0.5) is 13.2 Å². The molecular weight excluding hydrogens is 239 g/mol. The number of hydrogen-bond donors (Lipinski definition) is 2. The maximum atomic E-state index is 10.8.